The topological polar surface area (TPSA) is 90.5 Å². The van der Waals surface area contributed by atoms with Crippen molar-refractivity contribution in [2.24, 2.45) is 12.0 Å². The number of aromatic nitrogens is 3. The van der Waals surface area contributed by atoms with Crippen LogP contribution in [0.5, 0.6) is 5.75 Å². The Hall–Kier alpha value is -4.24. The highest BCUT2D eigenvalue weighted by Crippen LogP contribution is 2.32. The Labute approximate surface area is 217 Å². The van der Waals surface area contributed by atoms with Crippen molar-refractivity contribution in [3.8, 4) is 5.75 Å². The van der Waals surface area contributed by atoms with Crippen LogP contribution < -0.4 is 24.9 Å². The van der Waals surface area contributed by atoms with E-state index in [2.05, 4.69) is 10.4 Å². The first-order valence-electron chi connectivity index (χ1n) is 11.8. The SMILES string of the molecule is COc1ccc([C@H]2C(C(=O)Nc3ccccc3C)=C(C)N=c3sc(=Cc4cn(C)nc4C)c(=O)n32)cc1. The number of thiazole rings is 1. The van der Waals surface area contributed by atoms with E-state index < -0.39 is 6.04 Å². The molecule has 0 aliphatic carbocycles. The molecule has 0 radical (unpaired) electrons. The Balaban J connectivity index is 1.68. The van der Waals surface area contributed by atoms with Gasteiger partial charge in [-0.05, 0) is 56.2 Å². The van der Waals surface area contributed by atoms with Crippen molar-refractivity contribution < 1.29 is 9.53 Å². The van der Waals surface area contributed by atoms with Gasteiger partial charge in [0, 0.05) is 24.5 Å². The van der Waals surface area contributed by atoms with E-state index >= 15 is 0 Å². The van der Waals surface area contributed by atoms with Crippen LogP contribution in [0.15, 0.2) is 75.8 Å². The lowest BCUT2D eigenvalue weighted by Crippen LogP contribution is -2.40. The highest BCUT2D eigenvalue weighted by atomic mass is 32.1. The molecule has 4 aromatic rings. The van der Waals surface area contributed by atoms with E-state index in [4.69, 9.17) is 9.73 Å². The highest BCUT2D eigenvalue weighted by molar-refractivity contribution is 7.07. The molecule has 8 nitrogen and oxygen atoms in total. The molecule has 0 unspecified atom stereocenters. The van der Waals surface area contributed by atoms with E-state index in [0.29, 0.717) is 32.0 Å². The third-order valence-corrected chi connectivity index (χ3v) is 7.41. The molecule has 3 heterocycles. The summed E-state index contributed by atoms with van der Waals surface area (Å²) in [5, 5.41) is 7.40. The number of nitrogens with one attached hydrogen (secondary N) is 1. The predicted octanol–water partition coefficient (Wildman–Crippen LogP) is 3.23. The van der Waals surface area contributed by atoms with Crippen LogP contribution in [0.25, 0.3) is 6.08 Å². The summed E-state index contributed by atoms with van der Waals surface area (Å²) >= 11 is 1.31. The molecule has 1 N–H and O–H groups in total. The molecule has 2 aromatic heterocycles. The number of rotatable bonds is 5. The van der Waals surface area contributed by atoms with Gasteiger partial charge < -0.3 is 10.1 Å². The van der Waals surface area contributed by atoms with Crippen LogP contribution in [-0.2, 0) is 11.8 Å². The number of ether oxygens (including phenoxy) is 1. The van der Waals surface area contributed by atoms with Crippen LogP contribution in [-0.4, -0.2) is 27.4 Å². The van der Waals surface area contributed by atoms with E-state index in [0.717, 1.165) is 22.4 Å². The van der Waals surface area contributed by atoms with Crippen LogP contribution in [0.1, 0.15) is 35.3 Å². The van der Waals surface area contributed by atoms with Gasteiger partial charge in [0.1, 0.15) is 5.75 Å². The predicted molar refractivity (Wildman–Crippen MR) is 145 cm³/mol. The summed E-state index contributed by atoms with van der Waals surface area (Å²) < 4.78 is 9.19. The van der Waals surface area contributed by atoms with Gasteiger partial charge in [-0.15, -0.1) is 0 Å². The lowest BCUT2D eigenvalue weighted by molar-refractivity contribution is -0.113. The molecule has 1 aliphatic rings. The van der Waals surface area contributed by atoms with Crippen molar-refractivity contribution in [1.82, 2.24) is 14.3 Å². The van der Waals surface area contributed by atoms with Crippen LogP contribution >= 0.6 is 11.3 Å². The largest absolute Gasteiger partial charge is 0.497 e. The molecular formula is C28H27N5O3S. The molecular weight excluding hydrogens is 486 g/mol. The first kappa shape index (κ1) is 24.5. The van der Waals surface area contributed by atoms with E-state index in [-0.39, 0.29) is 11.5 Å². The second-order valence-corrected chi connectivity index (χ2v) is 9.98. The first-order valence-corrected chi connectivity index (χ1v) is 12.6. The Bertz CT molecular complexity index is 1720. The molecule has 1 aliphatic heterocycles. The minimum atomic E-state index is -0.650. The lowest BCUT2D eigenvalue weighted by atomic mass is 9.95. The zero-order valence-electron chi connectivity index (χ0n) is 21.3. The number of carbonyl (C=O) groups excluding carboxylic acids is 1. The van der Waals surface area contributed by atoms with Crippen molar-refractivity contribution in [3.63, 3.8) is 0 Å². The average Bonchev–Trinajstić information content (AvgIpc) is 3.36. The van der Waals surface area contributed by atoms with Gasteiger partial charge in [0.25, 0.3) is 11.5 Å². The summed E-state index contributed by atoms with van der Waals surface area (Å²) in [6, 6.07) is 14.4. The molecule has 0 saturated carbocycles. The number of carbonyl (C=O) groups is 1. The smallest absolute Gasteiger partial charge is 0.271 e. The number of para-hydroxylation sites is 1. The van der Waals surface area contributed by atoms with Crippen LogP contribution in [0, 0.1) is 13.8 Å². The number of methoxy groups -OCH3 is 1. The zero-order chi connectivity index (χ0) is 26.3. The van der Waals surface area contributed by atoms with Crippen LogP contribution in [0.3, 0.4) is 0 Å². The minimum absolute atomic E-state index is 0.207. The molecule has 9 heteroatoms. The van der Waals surface area contributed by atoms with Gasteiger partial charge in [0.05, 0.1) is 34.6 Å². The minimum Gasteiger partial charge on any atom is -0.497 e. The monoisotopic (exact) mass is 513 g/mol. The number of allylic oxidation sites excluding steroid dienone is 1. The van der Waals surface area contributed by atoms with E-state index in [1.54, 1.807) is 16.4 Å². The maximum Gasteiger partial charge on any atom is 0.271 e. The molecule has 0 fully saturated rings. The summed E-state index contributed by atoms with van der Waals surface area (Å²) in [4.78, 5) is 32.8. The van der Waals surface area contributed by atoms with E-state index in [1.165, 1.54) is 11.3 Å². The third kappa shape index (κ3) is 4.53. The van der Waals surface area contributed by atoms with Crippen molar-refractivity contribution >= 4 is 29.0 Å². The fourth-order valence-electron chi connectivity index (χ4n) is 4.52. The van der Waals surface area contributed by atoms with Crippen molar-refractivity contribution in [3.05, 3.63) is 108 Å². The van der Waals surface area contributed by atoms with Gasteiger partial charge in [-0.3, -0.25) is 18.8 Å². The highest BCUT2D eigenvalue weighted by Gasteiger charge is 2.32. The van der Waals surface area contributed by atoms with Crippen molar-refractivity contribution in [2.75, 3.05) is 12.4 Å². The first-order chi connectivity index (χ1) is 17.8. The fourth-order valence-corrected chi connectivity index (χ4v) is 5.55. The Morgan fingerprint density at radius 2 is 1.84 bits per heavy atom. The number of anilines is 1. The standard InChI is InChI=1S/C28H27N5O3S/c1-16-8-6-7-9-22(16)30-26(34)24-18(3)29-28-33(25(24)19-10-12-21(36-5)13-11-19)27(35)23(37-28)14-20-15-32(4)31-17(20)2/h6-15,25H,1-5H3,(H,30,34)/t25-/m0/s1. The summed E-state index contributed by atoms with van der Waals surface area (Å²) in [6.07, 6.45) is 3.71. The lowest BCUT2D eigenvalue weighted by Gasteiger charge is -2.25. The second kappa shape index (κ2) is 9.67. The number of hydrogen-bond acceptors (Lipinski definition) is 6. The zero-order valence-corrected chi connectivity index (χ0v) is 22.1. The Morgan fingerprint density at radius 3 is 2.49 bits per heavy atom. The summed E-state index contributed by atoms with van der Waals surface area (Å²) in [5.74, 6) is 0.392. The maximum absolute atomic E-state index is 13.8. The van der Waals surface area contributed by atoms with Crippen molar-refractivity contribution in [2.45, 2.75) is 26.8 Å². The third-order valence-electron chi connectivity index (χ3n) is 6.43. The van der Waals surface area contributed by atoms with Gasteiger partial charge in [-0.25, -0.2) is 4.99 Å². The van der Waals surface area contributed by atoms with Gasteiger partial charge in [0.2, 0.25) is 0 Å². The van der Waals surface area contributed by atoms with Crippen LogP contribution in [0.2, 0.25) is 0 Å². The normalized spacial score (nSPS) is 15.4. The maximum atomic E-state index is 13.8. The molecule has 2 aromatic carbocycles. The van der Waals surface area contributed by atoms with E-state index in [9.17, 15) is 9.59 Å². The summed E-state index contributed by atoms with van der Waals surface area (Å²) in [7, 11) is 3.45. The molecule has 0 spiro atoms. The van der Waals surface area contributed by atoms with Crippen molar-refractivity contribution in [1.29, 1.82) is 0 Å². The molecule has 37 heavy (non-hydrogen) atoms. The number of aryl methyl sites for hydroxylation is 3. The Kier molecular flexibility index (Phi) is 6.39. The quantitative estimate of drug-likeness (QED) is 0.444. The van der Waals surface area contributed by atoms with Gasteiger partial charge in [-0.1, -0.05) is 41.7 Å². The van der Waals surface area contributed by atoms with Crippen LogP contribution in [0.4, 0.5) is 5.69 Å². The summed E-state index contributed by atoms with van der Waals surface area (Å²) in [6.45, 7) is 5.65. The van der Waals surface area contributed by atoms with Gasteiger partial charge in [-0.2, -0.15) is 5.10 Å². The van der Waals surface area contributed by atoms with E-state index in [1.807, 2.05) is 88.6 Å². The number of hydrogen-bond donors (Lipinski definition) is 1. The average molecular weight is 514 g/mol. The molecule has 5 rings (SSSR count). The number of benzene rings is 2. The Morgan fingerprint density at radius 1 is 1.11 bits per heavy atom. The molecule has 1 amide bonds. The molecule has 188 valence electrons. The fraction of sp³-hybridized carbons (Fsp3) is 0.214. The summed E-state index contributed by atoms with van der Waals surface area (Å²) in [5.41, 5.74) is 4.92. The van der Waals surface area contributed by atoms with Gasteiger partial charge >= 0.3 is 0 Å². The number of fused-ring (bicyclic) bond motifs is 1. The molecule has 1 atom stereocenters. The van der Waals surface area contributed by atoms with Gasteiger partial charge in [0.15, 0.2) is 4.80 Å². The molecule has 0 saturated heterocycles. The molecule has 0 bridgehead atoms. The number of nitrogens with zero attached hydrogens (tertiary/aromatic N) is 4. The number of amides is 1. The second-order valence-electron chi connectivity index (χ2n) is 8.97.